The number of amides is 2. The predicted molar refractivity (Wildman–Crippen MR) is 95.3 cm³/mol. The lowest BCUT2D eigenvalue weighted by Crippen LogP contribution is -2.38. The van der Waals surface area contributed by atoms with Crippen LogP contribution in [0.4, 0.5) is 4.79 Å². The van der Waals surface area contributed by atoms with E-state index in [2.05, 4.69) is 15.7 Å². The molecule has 0 aromatic carbocycles. The molecule has 0 saturated heterocycles. The highest BCUT2D eigenvalue weighted by Crippen LogP contribution is 2.20. The van der Waals surface area contributed by atoms with Gasteiger partial charge in [-0.3, -0.25) is 4.57 Å². The van der Waals surface area contributed by atoms with Gasteiger partial charge in [0.05, 0.1) is 18.0 Å². The van der Waals surface area contributed by atoms with Crippen molar-refractivity contribution in [2.24, 2.45) is 7.05 Å². The molecule has 0 atom stereocenters. The maximum atomic E-state index is 12.2. The first kappa shape index (κ1) is 16.5. The van der Waals surface area contributed by atoms with Gasteiger partial charge >= 0.3 is 11.7 Å². The lowest BCUT2D eigenvalue weighted by Gasteiger charge is -2.06. The van der Waals surface area contributed by atoms with E-state index in [9.17, 15) is 9.59 Å². The summed E-state index contributed by atoms with van der Waals surface area (Å²) in [5, 5.41) is 13.8. The van der Waals surface area contributed by atoms with Crippen LogP contribution in [0.25, 0.3) is 10.7 Å². The highest BCUT2D eigenvalue weighted by Gasteiger charge is 2.12. The molecule has 3 aromatic rings. The number of aromatic nitrogens is 3. The van der Waals surface area contributed by atoms with Gasteiger partial charge in [0, 0.05) is 18.5 Å². The van der Waals surface area contributed by atoms with Crippen LogP contribution in [0.1, 0.15) is 4.88 Å². The zero-order valence-corrected chi connectivity index (χ0v) is 14.7. The van der Waals surface area contributed by atoms with Gasteiger partial charge in [-0.2, -0.15) is 0 Å². The molecule has 0 fully saturated rings. The molecule has 126 valence electrons. The summed E-state index contributed by atoms with van der Waals surface area (Å²) in [6, 6.07) is 7.49. The summed E-state index contributed by atoms with van der Waals surface area (Å²) in [5.74, 6) is 0.636. The second-order valence-corrected chi connectivity index (χ2v) is 7.03. The molecule has 0 aliphatic rings. The average Bonchev–Trinajstić information content (AvgIpc) is 3.31. The minimum atomic E-state index is -0.258. The van der Waals surface area contributed by atoms with Crippen molar-refractivity contribution in [2.45, 2.75) is 13.1 Å². The SMILES string of the molecule is Cn1c(-c2cccs2)nn(CCNC(=O)NCc2cccs2)c1=O. The summed E-state index contributed by atoms with van der Waals surface area (Å²) in [5.41, 5.74) is -0.195. The number of carbonyl (C=O) groups is 1. The quantitative estimate of drug-likeness (QED) is 0.702. The van der Waals surface area contributed by atoms with Crippen LogP contribution in [0.2, 0.25) is 0 Å². The number of carbonyl (C=O) groups excluding carboxylic acids is 1. The Bertz CT molecular complexity index is 849. The van der Waals surface area contributed by atoms with Gasteiger partial charge < -0.3 is 10.6 Å². The Labute approximate surface area is 146 Å². The minimum absolute atomic E-state index is 0.195. The van der Waals surface area contributed by atoms with E-state index in [4.69, 9.17) is 0 Å². The van der Waals surface area contributed by atoms with E-state index < -0.39 is 0 Å². The molecule has 0 aliphatic carbocycles. The van der Waals surface area contributed by atoms with Crippen molar-refractivity contribution in [3.05, 3.63) is 50.4 Å². The fraction of sp³-hybridized carbons (Fsp3) is 0.267. The van der Waals surface area contributed by atoms with Crippen LogP contribution < -0.4 is 16.3 Å². The molecule has 0 saturated carbocycles. The van der Waals surface area contributed by atoms with Gasteiger partial charge in [0.25, 0.3) is 0 Å². The molecule has 0 bridgehead atoms. The fourth-order valence-corrected chi connectivity index (χ4v) is 3.56. The summed E-state index contributed by atoms with van der Waals surface area (Å²) in [6.07, 6.45) is 0. The van der Waals surface area contributed by atoms with Gasteiger partial charge in [0.2, 0.25) is 0 Å². The van der Waals surface area contributed by atoms with Gasteiger partial charge in [-0.25, -0.2) is 14.3 Å². The highest BCUT2D eigenvalue weighted by molar-refractivity contribution is 7.13. The fourth-order valence-electron chi connectivity index (χ4n) is 2.17. The standard InChI is InChI=1S/C15H17N5O2S2/c1-19-13(12-5-3-9-24-12)18-20(15(19)22)7-6-16-14(21)17-10-11-4-2-8-23-11/h2-5,8-9H,6-7,10H2,1H3,(H2,16,17,21). The van der Waals surface area contributed by atoms with Crippen LogP contribution >= 0.6 is 22.7 Å². The van der Waals surface area contributed by atoms with Crippen molar-refractivity contribution < 1.29 is 4.79 Å². The van der Waals surface area contributed by atoms with Crippen molar-refractivity contribution in [3.8, 4) is 10.7 Å². The topological polar surface area (TPSA) is 81.0 Å². The van der Waals surface area contributed by atoms with E-state index in [0.29, 0.717) is 25.5 Å². The number of nitrogens with one attached hydrogen (secondary N) is 2. The monoisotopic (exact) mass is 363 g/mol. The Balaban J connectivity index is 1.52. The first-order chi connectivity index (χ1) is 11.6. The number of nitrogens with zero attached hydrogens (tertiary/aromatic N) is 3. The van der Waals surface area contributed by atoms with Gasteiger partial charge in [-0.1, -0.05) is 12.1 Å². The third-order valence-corrected chi connectivity index (χ3v) is 5.14. The van der Waals surface area contributed by atoms with Gasteiger partial charge in [0.1, 0.15) is 0 Å². The molecular weight excluding hydrogens is 346 g/mol. The summed E-state index contributed by atoms with van der Waals surface area (Å²) in [4.78, 5) is 26.0. The lowest BCUT2D eigenvalue weighted by atomic mass is 10.4. The van der Waals surface area contributed by atoms with E-state index >= 15 is 0 Å². The first-order valence-electron chi connectivity index (χ1n) is 7.37. The third kappa shape index (κ3) is 3.74. The Morgan fingerprint density at radius 3 is 2.71 bits per heavy atom. The number of hydrogen-bond acceptors (Lipinski definition) is 5. The number of rotatable bonds is 6. The molecule has 2 N–H and O–H groups in total. The zero-order chi connectivity index (χ0) is 16.9. The Hall–Kier alpha value is -2.39. The summed E-state index contributed by atoms with van der Waals surface area (Å²) in [6.45, 7) is 1.15. The molecule has 3 rings (SSSR count). The molecule has 0 spiro atoms. The first-order valence-corrected chi connectivity index (χ1v) is 9.13. The second kappa shape index (κ2) is 7.45. The van der Waals surface area contributed by atoms with Gasteiger partial charge in [0.15, 0.2) is 5.82 Å². The maximum Gasteiger partial charge on any atom is 0.346 e. The molecule has 0 unspecified atom stereocenters. The number of thiophene rings is 2. The molecule has 0 radical (unpaired) electrons. The summed E-state index contributed by atoms with van der Waals surface area (Å²) < 4.78 is 2.89. The molecule has 3 heterocycles. The maximum absolute atomic E-state index is 12.2. The Morgan fingerprint density at radius 1 is 1.21 bits per heavy atom. The van der Waals surface area contributed by atoms with Gasteiger partial charge in [-0.15, -0.1) is 27.8 Å². The van der Waals surface area contributed by atoms with Crippen LogP contribution in [0, 0.1) is 0 Å². The molecule has 0 aliphatic heterocycles. The van der Waals surface area contributed by atoms with Crippen molar-refractivity contribution in [1.29, 1.82) is 0 Å². The molecule has 2 amide bonds. The van der Waals surface area contributed by atoms with E-state index in [1.165, 1.54) is 20.6 Å². The van der Waals surface area contributed by atoms with E-state index in [0.717, 1.165) is 9.75 Å². The average molecular weight is 363 g/mol. The van der Waals surface area contributed by atoms with Crippen LogP contribution in [-0.4, -0.2) is 26.9 Å². The van der Waals surface area contributed by atoms with Crippen LogP contribution in [0.15, 0.2) is 39.8 Å². The van der Waals surface area contributed by atoms with Crippen molar-refractivity contribution in [3.63, 3.8) is 0 Å². The second-order valence-electron chi connectivity index (χ2n) is 5.05. The zero-order valence-electron chi connectivity index (χ0n) is 13.1. The van der Waals surface area contributed by atoms with Crippen LogP contribution in [0.5, 0.6) is 0 Å². The van der Waals surface area contributed by atoms with Crippen LogP contribution in [0.3, 0.4) is 0 Å². The normalized spacial score (nSPS) is 10.7. The number of hydrogen-bond donors (Lipinski definition) is 2. The van der Waals surface area contributed by atoms with Crippen molar-refractivity contribution in [1.82, 2.24) is 25.0 Å². The predicted octanol–water partition coefficient (Wildman–Crippen LogP) is 1.87. The molecule has 7 nitrogen and oxygen atoms in total. The number of urea groups is 1. The minimum Gasteiger partial charge on any atom is -0.336 e. The van der Waals surface area contributed by atoms with E-state index in [-0.39, 0.29) is 11.7 Å². The molecule has 3 aromatic heterocycles. The smallest absolute Gasteiger partial charge is 0.336 e. The molecule has 9 heteroatoms. The third-order valence-electron chi connectivity index (χ3n) is 3.39. The summed E-state index contributed by atoms with van der Waals surface area (Å²) >= 11 is 3.12. The highest BCUT2D eigenvalue weighted by atomic mass is 32.1. The van der Waals surface area contributed by atoms with Crippen molar-refractivity contribution in [2.75, 3.05) is 6.54 Å². The molecule has 24 heavy (non-hydrogen) atoms. The Morgan fingerprint density at radius 2 is 2.00 bits per heavy atom. The van der Waals surface area contributed by atoms with Crippen LogP contribution in [-0.2, 0) is 20.1 Å². The van der Waals surface area contributed by atoms with E-state index in [1.54, 1.807) is 18.4 Å². The largest absolute Gasteiger partial charge is 0.346 e. The lowest BCUT2D eigenvalue weighted by molar-refractivity contribution is 0.240. The Kier molecular flexibility index (Phi) is 5.11. The molecular formula is C15H17N5O2S2. The summed E-state index contributed by atoms with van der Waals surface area (Å²) in [7, 11) is 1.70. The van der Waals surface area contributed by atoms with E-state index in [1.807, 2.05) is 35.0 Å². The van der Waals surface area contributed by atoms with Gasteiger partial charge in [-0.05, 0) is 22.9 Å². The van der Waals surface area contributed by atoms with Crippen molar-refractivity contribution >= 4 is 28.7 Å².